The van der Waals surface area contributed by atoms with Gasteiger partial charge in [-0.25, -0.2) is 4.98 Å². The number of benzene rings is 1. The normalized spacial score (nSPS) is 10.5. The maximum absolute atomic E-state index is 5.26. The zero-order chi connectivity index (χ0) is 8.55. The Kier molecular flexibility index (Phi) is 1.73. The number of hydrogen-bond donors (Lipinski definition) is 0. The van der Waals surface area contributed by atoms with E-state index in [1.165, 1.54) is 4.70 Å². The second-order valence-corrected chi connectivity index (χ2v) is 3.50. The Morgan fingerprint density at radius 1 is 1.42 bits per heavy atom. The van der Waals surface area contributed by atoms with Gasteiger partial charge in [-0.2, -0.15) is 0 Å². The molecule has 2 nitrogen and oxygen atoms in total. The molecule has 0 saturated heterocycles. The second-order valence-electron chi connectivity index (χ2n) is 2.61. The highest BCUT2D eigenvalue weighted by atomic mass is 32.1. The van der Waals surface area contributed by atoms with Crippen molar-refractivity contribution in [3.8, 4) is 5.75 Å². The number of nitrogens with zero attached hydrogens (tertiary/aromatic N) is 1. The molecule has 0 aliphatic rings. The van der Waals surface area contributed by atoms with E-state index in [1.807, 2.05) is 12.4 Å². The van der Waals surface area contributed by atoms with Crippen molar-refractivity contribution in [3.05, 3.63) is 23.2 Å². The van der Waals surface area contributed by atoms with Gasteiger partial charge in [0.25, 0.3) is 0 Å². The minimum absolute atomic E-state index is 0.897. The molecule has 0 radical (unpaired) electrons. The van der Waals surface area contributed by atoms with Gasteiger partial charge in [0.05, 0.1) is 17.3 Å². The zero-order valence-corrected chi connectivity index (χ0v) is 7.81. The van der Waals surface area contributed by atoms with Crippen LogP contribution in [0.4, 0.5) is 0 Å². The van der Waals surface area contributed by atoms with Crippen LogP contribution in [0.2, 0.25) is 0 Å². The molecule has 1 aromatic heterocycles. The highest BCUT2D eigenvalue weighted by Crippen LogP contribution is 2.29. The minimum atomic E-state index is 0.897. The third-order valence-electron chi connectivity index (χ3n) is 1.86. The largest absolute Gasteiger partial charge is 0.494 e. The molecule has 1 heterocycles. The van der Waals surface area contributed by atoms with Crippen LogP contribution in [0.25, 0.3) is 10.2 Å². The van der Waals surface area contributed by atoms with Gasteiger partial charge >= 0.3 is 0 Å². The van der Waals surface area contributed by atoms with E-state index >= 15 is 0 Å². The Morgan fingerprint density at radius 2 is 2.25 bits per heavy atom. The molecule has 0 bridgehead atoms. The summed E-state index contributed by atoms with van der Waals surface area (Å²) >= 11 is 1.63. The van der Waals surface area contributed by atoms with Gasteiger partial charge in [0.2, 0.25) is 0 Å². The molecule has 0 saturated carbocycles. The predicted molar refractivity (Wildman–Crippen MR) is 50.9 cm³/mol. The van der Waals surface area contributed by atoms with E-state index in [2.05, 4.69) is 17.1 Å². The minimum Gasteiger partial charge on any atom is -0.494 e. The van der Waals surface area contributed by atoms with Crippen molar-refractivity contribution in [2.45, 2.75) is 6.92 Å². The van der Waals surface area contributed by atoms with E-state index in [0.717, 1.165) is 16.8 Å². The van der Waals surface area contributed by atoms with Crippen molar-refractivity contribution in [2.24, 2.45) is 0 Å². The third-order valence-corrected chi connectivity index (χ3v) is 2.65. The maximum Gasteiger partial charge on any atom is 0.148 e. The molecule has 0 spiro atoms. The fraction of sp³-hybridized carbons (Fsp3) is 0.222. The van der Waals surface area contributed by atoms with Gasteiger partial charge in [-0.1, -0.05) is 6.07 Å². The van der Waals surface area contributed by atoms with E-state index in [0.29, 0.717) is 0 Å². The lowest BCUT2D eigenvalue weighted by atomic mass is 10.2. The first kappa shape index (κ1) is 7.55. The molecule has 0 unspecified atom stereocenters. The molecule has 0 aliphatic carbocycles. The smallest absolute Gasteiger partial charge is 0.148 e. The van der Waals surface area contributed by atoms with Crippen LogP contribution < -0.4 is 4.74 Å². The molecule has 0 fully saturated rings. The number of ether oxygens (including phenoxy) is 1. The summed E-state index contributed by atoms with van der Waals surface area (Å²) < 4.78 is 6.44. The zero-order valence-electron chi connectivity index (χ0n) is 7.00. The summed E-state index contributed by atoms with van der Waals surface area (Å²) in [7, 11) is 1.68. The Labute approximate surface area is 74.8 Å². The molecule has 1 aromatic carbocycles. The lowest BCUT2D eigenvalue weighted by molar-refractivity contribution is 0.416. The summed E-state index contributed by atoms with van der Waals surface area (Å²) in [5, 5.41) is 0. The Morgan fingerprint density at radius 3 is 3.00 bits per heavy atom. The van der Waals surface area contributed by atoms with Crippen LogP contribution in [0.5, 0.6) is 5.75 Å². The SMILES string of the molecule is COc1c(C)ccc2scnc12. The van der Waals surface area contributed by atoms with Crippen LogP contribution in [0.15, 0.2) is 17.6 Å². The van der Waals surface area contributed by atoms with E-state index < -0.39 is 0 Å². The summed E-state index contributed by atoms with van der Waals surface area (Å²) in [6, 6.07) is 4.13. The van der Waals surface area contributed by atoms with Crippen molar-refractivity contribution < 1.29 is 4.74 Å². The molecule has 3 heteroatoms. The number of methoxy groups -OCH3 is 1. The summed E-state index contributed by atoms with van der Waals surface area (Å²) in [5.41, 5.74) is 3.95. The van der Waals surface area contributed by atoms with Crippen molar-refractivity contribution in [3.63, 3.8) is 0 Å². The van der Waals surface area contributed by atoms with Crippen LogP contribution >= 0.6 is 11.3 Å². The lowest BCUT2D eigenvalue weighted by Crippen LogP contribution is -1.87. The quantitative estimate of drug-likeness (QED) is 0.671. The van der Waals surface area contributed by atoms with Crippen LogP contribution in [0, 0.1) is 6.92 Å². The van der Waals surface area contributed by atoms with Gasteiger partial charge in [-0.15, -0.1) is 11.3 Å². The molecule has 0 amide bonds. The average Bonchev–Trinajstić information content (AvgIpc) is 2.52. The Balaban J connectivity index is 2.83. The number of hydrogen-bond acceptors (Lipinski definition) is 3. The summed E-state index contributed by atoms with van der Waals surface area (Å²) in [6.07, 6.45) is 0. The number of thiazole rings is 1. The molecule has 0 aliphatic heterocycles. The number of aryl methyl sites for hydroxylation is 1. The summed E-state index contributed by atoms with van der Waals surface area (Å²) in [5.74, 6) is 0.897. The van der Waals surface area contributed by atoms with E-state index in [4.69, 9.17) is 4.74 Å². The van der Waals surface area contributed by atoms with Crippen molar-refractivity contribution >= 4 is 21.6 Å². The third kappa shape index (κ3) is 0.975. The first-order valence-corrected chi connectivity index (χ1v) is 4.57. The summed E-state index contributed by atoms with van der Waals surface area (Å²) in [6.45, 7) is 2.03. The van der Waals surface area contributed by atoms with Gasteiger partial charge in [0.15, 0.2) is 0 Å². The fourth-order valence-electron chi connectivity index (χ4n) is 1.26. The number of rotatable bonds is 1. The van der Waals surface area contributed by atoms with E-state index in [1.54, 1.807) is 18.4 Å². The molecule has 0 N–H and O–H groups in total. The number of aromatic nitrogens is 1. The summed E-state index contributed by atoms with van der Waals surface area (Å²) in [4.78, 5) is 4.24. The lowest BCUT2D eigenvalue weighted by Gasteiger charge is -2.03. The second kappa shape index (κ2) is 2.75. The molecule has 2 rings (SSSR count). The highest BCUT2D eigenvalue weighted by molar-refractivity contribution is 7.16. The molecular weight excluding hydrogens is 170 g/mol. The average molecular weight is 179 g/mol. The first-order chi connectivity index (χ1) is 5.83. The van der Waals surface area contributed by atoms with Crippen molar-refractivity contribution in [1.82, 2.24) is 4.98 Å². The van der Waals surface area contributed by atoms with Crippen LogP contribution in [-0.4, -0.2) is 12.1 Å². The Hall–Kier alpha value is -1.09. The Bertz CT molecular complexity index is 408. The monoisotopic (exact) mass is 179 g/mol. The van der Waals surface area contributed by atoms with E-state index in [-0.39, 0.29) is 0 Å². The first-order valence-electron chi connectivity index (χ1n) is 3.69. The predicted octanol–water partition coefficient (Wildman–Crippen LogP) is 2.61. The van der Waals surface area contributed by atoms with Gasteiger partial charge in [0, 0.05) is 0 Å². The van der Waals surface area contributed by atoms with Crippen molar-refractivity contribution in [1.29, 1.82) is 0 Å². The standard InChI is InChI=1S/C9H9NOS/c1-6-3-4-7-8(9(6)11-2)10-5-12-7/h3-5H,1-2H3. The highest BCUT2D eigenvalue weighted by Gasteiger charge is 2.05. The van der Waals surface area contributed by atoms with E-state index in [9.17, 15) is 0 Å². The van der Waals surface area contributed by atoms with Crippen LogP contribution in [0.3, 0.4) is 0 Å². The molecule has 62 valence electrons. The molecule has 12 heavy (non-hydrogen) atoms. The van der Waals surface area contributed by atoms with Crippen LogP contribution in [-0.2, 0) is 0 Å². The number of fused-ring (bicyclic) bond motifs is 1. The van der Waals surface area contributed by atoms with Gasteiger partial charge in [-0.3, -0.25) is 0 Å². The maximum atomic E-state index is 5.26. The molecule has 0 atom stereocenters. The fourth-order valence-corrected chi connectivity index (χ4v) is 1.94. The molecular formula is C9H9NOS. The van der Waals surface area contributed by atoms with Gasteiger partial charge in [0.1, 0.15) is 11.3 Å². The van der Waals surface area contributed by atoms with Crippen LogP contribution in [0.1, 0.15) is 5.56 Å². The van der Waals surface area contributed by atoms with Gasteiger partial charge < -0.3 is 4.74 Å². The van der Waals surface area contributed by atoms with Crippen molar-refractivity contribution in [2.75, 3.05) is 7.11 Å². The van der Waals surface area contributed by atoms with Gasteiger partial charge in [-0.05, 0) is 18.6 Å². The topological polar surface area (TPSA) is 22.1 Å². The molecule has 2 aromatic rings.